The predicted molar refractivity (Wildman–Crippen MR) is 118 cm³/mol. The van der Waals surface area contributed by atoms with E-state index in [1.54, 1.807) is 0 Å². The van der Waals surface area contributed by atoms with Gasteiger partial charge in [-0.05, 0) is 6.42 Å². The second kappa shape index (κ2) is 28.1. The molecule has 0 fully saturated rings. The molecule has 0 saturated heterocycles. The van der Waals surface area contributed by atoms with Crippen LogP contribution in [0.5, 0.6) is 0 Å². The van der Waals surface area contributed by atoms with Gasteiger partial charge in [0, 0.05) is 0 Å². The Balaban J connectivity index is -0.00000113. The van der Waals surface area contributed by atoms with E-state index in [1.165, 1.54) is 89.9 Å². The largest absolute Gasteiger partial charge is 1.00 e. The fraction of sp³-hybridized carbons (Fsp3) is 0.955. The molecule has 2 N–H and O–H groups in total. The van der Waals surface area contributed by atoms with Crippen LogP contribution in [-0.4, -0.2) is 16.4 Å². The average Bonchev–Trinajstić information content (AvgIpc) is 2.63. The van der Waals surface area contributed by atoms with Gasteiger partial charge in [-0.25, -0.2) is 4.57 Å². The molecule has 0 aromatic heterocycles. The summed E-state index contributed by atoms with van der Waals surface area (Å²) in [4.78, 5) is 17.1. The van der Waals surface area contributed by atoms with Gasteiger partial charge in [-0.1, -0.05) is 110 Å². The van der Waals surface area contributed by atoms with Gasteiger partial charge in [-0.15, -0.1) is 0 Å². The molecule has 0 saturated carbocycles. The molecule has 0 unspecified atom stereocenters. The molecule has 0 aliphatic rings. The first-order valence-corrected chi connectivity index (χ1v) is 13.0. The first-order chi connectivity index (χ1) is 13.0. The van der Waals surface area contributed by atoms with Gasteiger partial charge in [0.25, 0.3) is 0 Å². The van der Waals surface area contributed by atoms with Crippen molar-refractivity contribution in [3.05, 3.63) is 6.42 Å². The maximum atomic E-state index is 10.5. The summed E-state index contributed by atoms with van der Waals surface area (Å²) in [6, 6.07) is 0. The van der Waals surface area contributed by atoms with Crippen LogP contribution in [-0.2, 0) is 9.09 Å². The molecular weight excluding hydrogens is 382 g/mol. The van der Waals surface area contributed by atoms with Crippen LogP contribution >= 0.6 is 7.82 Å². The normalized spacial score (nSPS) is 10.9. The minimum absolute atomic E-state index is 0. The predicted octanol–water partition coefficient (Wildman–Crippen LogP) is 4.98. The van der Waals surface area contributed by atoms with Gasteiger partial charge in [0.15, 0.2) is 0 Å². The zero-order chi connectivity index (χ0) is 20.6. The van der Waals surface area contributed by atoms with Crippen molar-refractivity contribution < 1.29 is 48.4 Å². The third-order valence-electron chi connectivity index (χ3n) is 4.67. The zero-order valence-electron chi connectivity index (χ0n) is 19.5. The first kappa shape index (κ1) is 33.7. The number of hydrogen-bond donors (Lipinski definition) is 2. The van der Waals surface area contributed by atoms with E-state index < -0.39 is 7.82 Å². The van der Waals surface area contributed by atoms with Crippen LogP contribution in [0.2, 0.25) is 0 Å². The van der Waals surface area contributed by atoms with Crippen molar-refractivity contribution >= 4 is 7.82 Å². The summed E-state index contributed by atoms with van der Waals surface area (Å²) in [5.74, 6) is 0. The summed E-state index contributed by atoms with van der Waals surface area (Å²) in [5, 5.41) is 0. The monoisotopic (exact) mass is 430 g/mol. The smallest absolute Gasteiger partial charge is 0.332 e. The van der Waals surface area contributed by atoms with Crippen molar-refractivity contribution in [2.45, 2.75) is 130 Å². The van der Waals surface area contributed by atoms with Crippen molar-refractivity contribution in [2.75, 3.05) is 6.61 Å². The van der Waals surface area contributed by atoms with E-state index in [-0.39, 0.29) is 36.2 Å². The summed E-state index contributed by atoms with van der Waals surface area (Å²) in [6.07, 6.45) is 24.0. The Hall–Kier alpha value is 1.11. The summed E-state index contributed by atoms with van der Waals surface area (Å²) in [5.41, 5.74) is 0. The van der Waals surface area contributed by atoms with Crippen molar-refractivity contribution in [1.82, 2.24) is 0 Å². The minimum Gasteiger partial charge on any atom is -0.332 e. The van der Waals surface area contributed by atoms with Crippen LogP contribution in [0, 0.1) is 6.42 Å². The fourth-order valence-corrected chi connectivity index (χ4v) is 3.20. The molecule has 0 amide bonds. The first-order valence-electron chi connectivity index (χ1n) is 11.5. The Morgan fingerprint density at radius 2 is 0.964 bits per heavy atom. The van der Waals surface area contributed by atoms with E-state index in [0.717, 1.165) is 19.3 Å². The molecule has 0 radical (unpaired) electrons. The second-order valence-electron chi connectivity index (χ2n) is 7.44. The van der Waals surface area contributed by atoms with Crippen LogP contribution in [0.25, 0.3) is 0 Å². The number of phosphoric acid groups is 1. The Morgan fingerprint density at radius 1 is 0.679 bits per heavy atom. The molecule has 0 aliphatic carbocycles. The summed E-state index contributed by atoms with van der Waals surface area (Å²) < 4.78 is 14.9. The molecular formula is C22H48NaO4P. The standard InChI is InChI=1S/C18H39O4P.C4H9.Na/c1-2-3-4-5-6-7-8-9-10-11-12-13-14-15-16-17-18-22-23(19,20)21;1-3-4-2;/h2-18H2,1H3,(H2,19,20,21);3H,4H2,1-2H3;/q;-1;+1. The van der Waals surface area contributed by atoms with E-state index in [1.807, 2.05) is 0 Å². The van der Waals surface area contributed by atoms with E-state index >= 15 is 0 Å². The number of phosphoric ester groups is 1. The van der Waals surface area contributed by atoms with Gasteiger partial charge in [0.05, 0.1) is 6.61 Å². The van der Waals surface area contributed by atoms with E-state index in [0.29, 0.717) is 0 Å². The van der Waals surface area contributed by atoms with Crippen molar-refractivity contribution in [3.8, 4) is 0 Å². The Morgan fingerprint density at radius 3 is 1.21 bits per heavy atom. The van der Waals surface area contributed by atoms with Gasteiger partial charge in [0.1, 0.15) is 0 Å². The summed E-state index contributed by atoms with van der Waals surface area (Å²) >= 11 is 0. The van der Waals surface area contributed by atoms with Gasteiger partial charge < -0.3 is 16.2 Å². The number of unbranched alkanes of at least 4 members (excludes halogenated alkanes) is 16. The van der Waals surface area contributed by atoms with Crippen LogP contribution in [0.1, 0.15) is 130 Å². The Labute approximate surface area is 198 Å². The maximum absolute atomic E-state index is 10.5. The molecule has 4 nitrogen and oxygen atoms in total. The Kier molecular flexibility index (Phi) is 33.9. The molecule has 28 heavy (non-hydrogen) atoms. The van der Waals surface area contributed by atoms with E-state index in [4.69, 9.17) is 9.79 Å². The van der Waals surface area contributed by atoms with E-state index in [9.17, 15) is 4.57 Å². The minimum atomic E-state index is -4.26. The van der Waals surface area contributed by atoms with Gasteiger partial charge >= 0.3 is 37.4 Å². The molecule has 166 valence electrons. The molecule has 0 atom stereocenters. The second-order valence-corrected chi connectivity index (χ2v) is 8.68. The van der Waals surface area contributed by atoms with E-state index in [2.05, 4.69) is 31.7 Å². The summed E-state index contributed by atoms with van der Waals surface area (Å²) in [7, 11) is -4.26. The third-order valence-corrected chi connectivity index (χ3v) is 5.18. The Bertz CT molecular complexity index is 309. The van der Waals surface area contributed by atoms with Crippen molar-refractivity contribution in [3.63, 3.8) is 0 Å². The van der Waals surface area contributed by atoms with Gasteiger partial charge in [-0.3, -0.25) is 4.52 Å². The quantitative estimate of drug-likeness (QED) is 0.131. The van der Waals surface area contributed by atoms with Crippen molar-refractivity contribution in [1.29, 1.82) is 0 Å². The number of hydrogen-bond acceptors (Lipinski definition) is 2. The van der Waals surface area contributed by atoms with Gasteiger partial charge in [0.2, 0.25) is 0 Å². The third kappa shape index (κ3) is 37.8. The SMILES string of the molecule is CCCCCCCCCCCCCCCCCCOP(=O)(O)O.C[CH-]CC.[Na+]. The number of rotatable bonds is 19. The van der Waals surface area contributed by atoms with Crippen LogP contribution in [0.4, 0.5) is 0 Å². The summed E-state index contributed by atoms with van der Waals surface area (Å²) in [6.45, 7) is 6.61. The average molecular weight is 431 g/mol. The molecule has 0 bridgehead atoms. The molecule has 0 rings (SSSR count). The molecule has 0 aromatic carbocycles. The van der Waals surface area contributed by atoms with Crippen LogP contribution < -0.4 is 29.6 Å². The van der Waals surface area contributed by atoms with Crippen molar-refractivity contribution in [2.24, 2.45) is 0 Å². The fourth-order valence-electron chi connectivity index (χ4n) is 2.83. The molecule has 0 spiro atoms. The van der Waals surface area contributed by atoms with Crippen LogP contribution in [0.3, 0.4) is 0 Å². The van der Waals surface area contributed by atoms with Crippen LogP contribution in [0.15, 0.2) is 0 Å². The van der Waals surface area contributed by atoms with Gasteiger partial charge in [-0.2, -0.15) is 13.3 Å². The maximum Gasteiger partial charge on any atom is 1.00 e. The molecule has 0 heterocycles. The molecule has 6 heteroatoms. The molecule has 0 aliphatic heterocycles. The molecule has 0 aromatic rings. The zero-order valence-corrected chi connectivity index (χ0v) is 22.4. The topological polar surface area (TPSA) is 66.8 Å².